The molecule has 6 heteroatoms. The minimum Gasteiger partial charge on any atom is -0.377 e. The Hall–Kier alpha value is -1.24. The largest absolute Gasteiger partial charge is 0.377 e. The van der Waals surface area contributed by atoms with Crippen molar-refractivity contribution in [3.63, 3.8) is 0 Å². The fourth-order valence-electron chi connectivity index (χ4n) is 3.64. The molecular formula is C16H21N3O2S. The van der Waals surface area contributed by atoms with Crippen LogP contribution in [0.5, 0.6) is 0 Å². The van der Waals surface area contributed by atoms with Gasteiger partial charge in [-0.3, -0.25) is 4.90 Å². The summed E-state index contributed by atoms with van der Waals surface area (Å²) in [6, 6.07) is 2.73. The number of thiophene rings is 1. The molecule has 0 N–H and O–H groups in total. The first kappa shape index (κ1) is 14.4. The van der Waals surface area contributed by atoms with E-state index in [4.69, 9.17) is 9.26 Å². The van der Waals surface area contributed by atoms with Gasteiger partial charge in [-0.15, -0.1) is 11.3 Å². The third kappa shape index (κ3) is 2.59. The Bertz CT molecular complexity index is 653. The Morgan fingerprint density at radius 2 is 2.32 bits per heavy atom. The zero-order chi connectivity index (χ0) is 15.1. The van der Waals surface area contributed by atoms with E-state index in [0.717, 1.165) is 38.4 Å². The molecule has 0 radical (unpaired) electrons. The Labute approximate surface area is 134 Å². The van der Waals surface area contributed by atoms with Gasteiger partial charge in [0.25, 0.3) is 0 Å². The second kappa shape index (κ2) is 5.76. The highest BCUT2D eigenvalue weighted by atomic mass is 32.1. The van der Waals surface area contributed by atoms with Gasteiger partial charge in [-0.05, 0) is 43.7 Å². The third-order valence-corrected chi connectivity index (χ3v) is 5.83. The number of likely N-dealkylation sites (tertiary alicyclic amines) is 1. The summed E-state index contributed by atoms with van der Waals surface area (Å²) in [4.78, 5) is 8.45. The van der Waals surface area contributed by atoms with Crippen LogP contribution in [-0.4, -0.2) is 40.3 Å². The molecule has 22 heavy (non-hydrogen) atoms. The Morgan fingerprint density at radius 1 is 1.41 bits per heavy atom. The molecular weight excluding hydrogens is 298 g/mol. The molecule has 5 nitrogen and oxygen atoms in total. The minimum absolute atomic E-state index is 0.279. The molecule has 0 unspecified atom stereocenters. The van der Waals surface area contributed by atoms with E-state index in [0.29, 0.717) is 18.0 Å². The minimum atomic E-state index is 0.279. The van der Waals surface area contributed by atoms with Crippen molar-refractivity contribution >= 4 is 11.3 Å². The quantitative estimate of drug-likeness (QED) is 0.870. The van der Waals surface area contributed by atoms with Crippen molar-refractivity contribution in [2.45, 2.75) is 51.3 Å². The fourth-order valence-corrected chi connectivity index (χ4v) is 4.57. The van der Waals surface area contributed by atoms with Crippen molar-refractivity contribution in [3.05, 3.63) is 33.6 Å². The zero-order valence-corrected chi connectivity index (χ0v) is 13.8. The van der Waals surface area contributed by atoms with E-state index in [1.165, 1.54) is 10.4 Å². The molecule has 0 saturated carbocycles. The van der Waals surface area contributed by atoms with Crippen LogP contribution in [0.4, 0.5) is 0 Å². The first-order valence-corrected chi connectivity index (χ1v) is 8.77. The molecule has 118 valence electrons. The normalized spacial score (nSPS) is 28.9. The lowest BCUT2D eigenvalue weighted by molar-refractivity contribution is 0.00881. The number of aryl methyl sites for hydroxylation is 2. The lowest BCUT2D eigenvalue weighted by atomic mass is 9.89. The molecule has 0 aromatic carbocycles. The van der Waals surface area contributed by atoms with E-state index in [2.05, 4.69) is 33.4 Å². The molecule has 2 aliphatic rings. The van der Waals surface area contributed by atoms with Crippen molar-refractivity contribution < 1.29 is 9.26 Å². The molecule has 0 spiro atoms. The van der Waals surface area contributed by atoms with Crippen LogP contribution in [0.15, 0.2) is 16.0 Å². The van der Waals surface area contributed by atoms with E-state index in [-0.39, 0.29) is 5.92 Å². The highest BCUT2D eigenvalue weighted by Gasteiger charge is 2.42. The van der Waals surface area contributed by atoms with Gasteiger partial charge < -0.3 is 9.26 Å². The Morgan fingerprint density at radius 3 is 3.05 bits per heavy atom. The summed E-state index contributed by atoms with van der Waals surface area (Å²) in [7, 11) is 0. The van der Waals surface area contributed by atoms with E-state index < -0.39 is 0 Å². The second-order valence-corrected chi connectivity index (χ2v) is 7.33. The highest BCUT2D eigenvalue weighted by molar-refractivity contribution is 7.10. The molecule has 3 atom stereocenters. The van der Waals surface area contributed by atoms with Crippen LogP contribution >= 0.6 is 11.3 Å². The summed E-state index contributed by atoms with van der Waals surface area (Å²) in [5.41, 5.74) is 1.39. The number of nitrogens with zero attached hydrogens (tertiary/aromatic N) is 3. The average Bonchev–Trinajstić information content (AvgIpc) is 3.21. The van der Waals surface area contributed by atoms with Crippen LogP contribution in [0.1, 0.15) is 40.9 Å². The van der Waals surface area contributed by atoms with Crippen molar-refractivity contribution in [2.24, 2.45) is 0 Å². The molecule has 0 amide bonds. The number of hydrogen-bond acceptors (Lipinski definition) is 6. The predicted octanol–water partition coefficient (Wildman–Crippen LogP) is 2.89. The van der Waals surface area contributed by atoms with Crippen LogP contribution in [0.2, 0.25) is 0 Å². The Kier molecular flexibility index (Phi) is 3.76. The van der Waals surface area contributed by atoms with Gasteiger partial charge >= 0.3 is 0 Å². The van der Waals surface area contributed by atoms with Gasteiger partial charge in [0, 0.05) is 30.6 Å². The summed E-state index contributed by atoms with van der Waals surface area (Å²) in [6.45, 7) is 6.90. The second-order valence-electron chi connectivity index (χ2n) is 6.33. The van der Waals surface area contributed by atoms with E-state index in [1.54, 1.807) is 0 Å². The molecule has 2 aliphatic heterocycles. The molecule has 2 fully saturated rings. The van der Waals surface area contributed by atoms with Gasteiger partial charge in [0.2, 0.25) is 5.89 Å². The van der Waals surface area contributed by atoms with E-state index in [9.17, 15) is 0 Å². The maximum atomic E-state index is 5.97. The van der Waals surface area contributed by atoms with Crippen LogP contribution < -0.4 is 0 Å². The molecule has 0 bridgehead atoms. The number of piperidine rings is 1. The number of hydrogen-bond donors (Lipinski definition) is 0. The summed E-state index contributed by atoms with van der Waals surface area (Å²) < 4.78 is 11.4. The number of fused-ring (bicyclic) bond motifs is 1. The summed E-state index contributed by atoms with van der Waals surface area (Å²) in [5, 5.41) is 6.13. The van der Waals surface area contributed by atoms with Gasteiger partial charge in [0.15, 0.2) is 5.82 Å². The standard InChI is InChI=1S/C16H21N3O2S/c1-10-4-6-22-15(10)9-19-8-12(16-17-11(2)18-21-16)7-14-13(19)3-5-20-14/h4,6,12-14H,3,5,7-9H2,1-2H3/t12-,13+,14+/m1/s1. The molecule has 4 rings (SSSR count). The molecule has 2 saturated heterocycles. The summed E-state index contributed by atoms with van der Waals surface area (Å²) >= 11 is 1.84. The smallest absolute Gasteiger partial charge is 0.231 e. The molecule has 0 aliphatic carbocycles. The van der Waals surface area contributed by atoms with Crippen LogP contribution in [0, 0.1) is 13.8 Å². The zero-order valence-electron chi connectivity index (χ0n) is 13.0. The first-order chi connectivity index (χ1) is 10.7. The van der Waals surface area contributed by atoms with Crippen molar-refractivity contribution in [1.29, 1.82) is 0 Å². The van der Waals surface area contributed by atoms with E-state index >= 15 is 0 Å². The van der Waals surface area contributed by atoms with Crippen LogP contribution in [0.3, 0.4) is 0 Å². The Balaban J connectivity index is 1.57. The van der Waals surface area contributed by atoms with Gasteiger partial charge in [-0.1, -0.05) is 5.16 Å². The monoisotopic (exact) mass is 319 g/mol. The topological polar surface area (TPSA) is 51.4 Å². The van der Waals surface area contributed by atoms with Crippen molar-refractivity contribution in [2.75, 3.05) is 13.2 Å². The van der Waals surface area contributed by atoms with Gasteiger partial charge in [0.05, 0.1) is 12.0 Å². The number of ether oxygens (including phenoxy) is 1. The maximum absolute atomic E-state index is 5.97. The van der Waals surface area contributed by atoms with Crippen molar-refractivity contribution in [3.8, 4) is 0 Å². The SMILES string of the molecule is Cc1noc([C@@H]2C[C@@H]3OCC[C@@H]3N(Cc3sccc3C)C2)n1. The predicted molar refractivity (Wildman–Crippen MR) is 84.0 cm³/mol. The highest BCUT2D eigenvalue weighted by Crippen LogP contribution is 2.37. The average molecular weight is 319 g/mol. The summed E-state index contributed by atoms with van der Waals surface area (Å²) in [5.74, 6) is 1.75. The van der Waals surface area contributed by atoms with Gasteiger partial charge in [-0.25, -0.2) is 0 Å². The third-order valence-electron chi connectivity index (χ3n) is 4.82. The fraction of sp³-hybridized carbons (Fsp3) is 0.625. The van der Waals surface area contributed by atoms with Crippen molar-refractivity contribution in [1.82, 2.24) is 15.0 Å². The number of aromatic nitrogens is 2. The maximum Gasteiger partial charge on any atom is 0.231 e. The lowest BCUT2D eigenvalue weighted by Crippen LogP contribution is -2.48. The van der Waals surface area contributed by atoms with Gasteiger partial charge in [0.1, 0.15) is 0 Å². The van der Waals surface area contributed by atoms with E-state index in [1.807, 2.05) is 18.3 Å². The van der Waals surface area contributed by atoms with Gasteiger partial charge in [-0.2, -0.15) is 4.98 Å². The molecule has 2 aromatic heterocycles. The molecule has 4 heterocycles. The van der Waals surface area contributed by atoms with Crippen LogP contribution in [0.25, 0.3) is 0 Å². The lowest BCUT2D eigenvalue weighted by Gasteiger charge is -2.39. The first-order valence-electron chi connectivity index (χ1n) is 7.89. The summed E-state index contributed by atoms with van der Waals surface area (Å²) in [6.07, 6.45) is 2.42. The molecule has 2 aromatic rings. The van der Waals surface area contributed by atoms with Crippen LogP contribution in [-0.2, 0) is 11.3 Å². The number of rotatable bonds is 3.